The van der Waals surface area contributed by atoms with E-state index in [1.54, 1.807) is 11.3 Å². The summed E-state index contributed by atoms with van der Waals surface area (Å²) in [6, 6.07) is 6.06. The number of thiazole rings is 1. The van der Waals surface area contributed by atoms with Crippen molar-refractivity contribution in [3.63, 3.8) is 0 Å². The highest BCUT2D eigenvalue weighted by Gasteiger charge is 2.15. The minimum Gasteiger partial charge on any atom is -0.465 e. The first-order chi connectivity index (χ1) is 11.3. The lowest BCUT2D eigenvalue weighted by atomic mass is 10.2. The first-order valence-corrected chi connectivity index (χ1v) is 9.20. The molecule has 0 amide bonds. The standard InChI is InChI=1S/C18H24N2O2S/c1-2-3-4-6-11-19-18-20-15-10-9-14(13-16(15)23-18)22-17-8-5-7-12-21-17/h2,9-10,13,17H,1,3-8,11-12H2,(H,19,20). The molecule has 1 unspecified atom stereocenters. The molecule has 1 fully saturated rings. The van der Waals surface area contributed by atoms with Crippen molar-refractivity contribution in [3.8, 4) is 5.75 Å². The Balaban J connectivity index is 1.57. The second kappa shape index (κ2) is 8.31. The zero-order valence-electron chi connectivity index (χ0n) is 13.4. The van der Waals surface area contributed by atoms with Crippen molar-refractivity contribution in [1.82, 2.24) is 4.98 Å². The molecule has 2 aromatic rings. The number of fused-ring (bicyclic) bond motifs is 1. The summed E-state index contributed by atoms with van der Waals surface area (Å²) >= 11 is 1.67. The van der Waals surface area contributed by atoms with Crippen molar-refractivity contribution in [1.29, 1.82) is 0 Å². The van der Waals surface area contributed by atoms with Crippen molar-refractivity contribution in [2.45, 2.75) is 44.8 Å². The number of nitrogens with zero attached hydrogens (tertiary/aromatic N) is 1. The summed E-state index contributed by atoms with van der Waals surface area (Å²) in [5.41, 5.74) is 1.01. The molecule has 3 rings (SSSR count). The van der Waals surface area contributed by atoms with Gasteiger partial charge in [-0.3, -0.25) is 0 Å². The number of unbranched alkanes of at least 4 members (excludes halogenated alkanes) is 2. The first kappa shape index (κ1) is 16.3. The van der Waals surface area contributed by atoms with Crippen LogP contribution >= 0.6 is 11.3 Å². The molecule has 2 heterocycles. The average molecular weight is 332 g/mol. The molecule has 0 radical (unpaired) electrons. The number of ether oxygens (including phenoxy) is 2. The lowest BCUT2D eigenvalue weighted by molar-refractivity contribution is -0.105. The van der Waals surface area contributed by atoms with Crippen LogP contribution in [0.3, 0.4) is 0 Å². The quantitative estimate of drug-likeness (QED) is 0.547. The van der Waals surface area contributed by atoms with Gasteiger partial charge in [-0.15, -0.1) is 6.58 Å². The summed E-state index contributed by atoms with van der Waals surface area (Å²) < 4.78 is 12.7. The molecule has 1 N–H and O–H groups in total. The van der Waals surface area contributed by atoms with Crippen LogP contribution in [0.1, 0.15) is 38.5 Å². The highest BCUT2D eigenvalue weighted by molar-refractivity contribution is 7.22. The molecule has 0 saturated carbocycles. The van der Waals surface area contributed by atoms with Crippen LogP contribution in [-0.2, 0) is 4.74 Å². The number of hydrogen-bond acceptors (Lipinski definition) is 5. The molecule has 0 spiro atoms. The van der Waals surface area contributed by atoms with Gasteiger partial charge in [0.25, 0.3) is 0 Å². The van der Waals surface area contributed by atoms with Crippen LogP contribution in [0.4, 0.5) is 5.13 Å². The van der Waals surface area contributed by atoms with E-state index in [0.717, 1.165) is 59.9 Å². The van der Waals surface area contributed by atoms with Crippen molar-refractivity contribution in [2.75, 3.05) is 18.5 Å². The van der Waals surface area contributed by atoms with E-state index in [9.17, 15) is 0 Å². The first-order valence-electron chi connectivity index (χ1n) is 8.39. The molecule has 4 nitrogen and oxygen atoms in total. The van der Waals surface area contributed by atoms with E-state index < -0.39 is 0 Å². The molecule has 1 aromatic carbocycles. The normalized spacial score (nSPS) is 18.0. The lowest BCUT2D eigenvalue weighted by Gasteiger charge is -2.23. The Labute approximate surface area is 141 Å². The molecular formula is C18H24N2O2S. The van der Waals surface area contributed by atoms with Crippen LogP contribution in [-0.4, -0.2) is 24.4 Å². The Morgan fingerprint density at radius 1 is 1.39 bits per heavy atom. The molecule has 23 heavy (non-hydrogen) atoms. The van der Waals surface area contributed by atoms with Gasteiger partial charge in [-0.2, -0.15) is 0 Å². The molecule has 1 aliphatic heterocycles. The third-order valence-electron chi connectivity index (χ3n) is 3.88. The van der Waals surface area contributed by atoms with E-state index in [0.29, 0.717) is 0 Å². The molecule has 1 aromatic heterocycles. The third kappa shape index (κ3) is 4.69. The van der Waals surface area contributed by atoms with Gasteiger partial charge in [-0.05, 0) is 50.3 Å². The minimum absolute atomic E-state index is 0.100. The summed E-state index contributed by atoms with van der Waals surface area (Å²) in [6.07, 6.45) is 8.52. The predicted molar refractivity (Wildman–Crippen MR) is 96.4 cm³/mol. The number of allylic oxidation sites excluding steroid dienone is 1. The minimum atomic E-state index is -0.100. The van der Waals surface area contributed by atoms with E-state index in [1.165, 1.54) is 12.8 Å². The number of rotatable bonds is 8. The fraction of sp³-hybridized carbons (Fsp3) is 0.500. The predicted octanol–water partition coefficient (Wildman–Crippen LogP) is 4.97. The summed E-state index contributed by atoms with van der Waals surface area (Å²) in [7, 11) is 0. The lowest BCUT2D eigenvalue weighted by Crippen LogP contribution is -2.24. The average Bonchev–Trinajstić information content (AvgIpc) is 2.97. The van der Waals surface area contributed by atoms with Gasteiger partial charge in [-0.25, -0.2) is 4.98 Å². The van der Waals surface area contributed by atoms with Crippen LogP contribution in [0, 0.1) is 0 Å². The Morgan fingerprint density at radius 3 is 3.17 bits per heavy atom. The van der Waals surface area contributed by atoms with Crippen molar-refractivity contribution >= 4 is 26.7 Å². The van der Waals surface area contributed by atoms with Crippen LogP contribution in [0.15, 0.2) is 30.9 Å². The van der Waals surface area contributed by atoms with Crippen LogP contribution in [0.5, 0.6) is 5.75 Å². The molecule has 1 atom stereocenters. The number of anilines is 1. The maximum Gasteiger partial charge on any atom is 0.199 e. The largest absolute Gasteiger partial charge is 0.465 e. The molecule has 5 heteroatoms. The van der Waals surface area contributed by atoms with E-state index in [1.807, 2.05) is 18.2 Å². The summed E-state index contributed by atoms with van der Waals surface area (Å²) in [4.78, 5) is 4.62. The Morgan fingerprint density at radius 2 is 2.35 bits per heavy atom. The highest BCUT2D eigenvalue weighted by Crippen LogP contribution is 2.30. The van der Waals surface area contributed by atoms with E-state index in [2.05, 4.69) is 22.9 Å². The van der Waals surface area contributed by atoms with Crippen molar-refractivity contribution in [2.24, 2.45) is 0 Å². The van der Waals surface area contributed by atoms with Gasteiger partial charge in [-0.1, -0.05) is 17.4 Å². The molecule has 1 saturated heterocycles. The van der Waals surface area contributed by atoms with Gasteiger partial charge in [0.1, 0.15) is 5.75 Å². The van der Waals surface area contributed by atoms with Gasteiger partial charge in [0.05, 0.1) is 16.8 Å². The number of hydrogen-bond donors (Lipinski definition) is 1. The molecular weight excluding hydrogens is 308 g/mol. The second-order valence-corrected chi connectivity index (χ2v) is 6.80. The van der Waals surface area contributed by atoms with Gasteiger partial charge in [0.15, 0.2) is 11.4 Å². The van der Waals surface area contributed by atoms with Gasteiger partial charge < -0.3 is 14.8 Å². The molecule has 0 aliphatic carbocycles. The summed E-state index contributed by atoms with van der Waals surface area (Å²) in [5, 5.41) is 4.38. The van der Waals surface area contributed by atoms with Gasteiger partial charge in [0.2, 0.25) is 0 Å². The van der Waals surface area contributed by atoms with Gasteiger partial charge >= 0.3 is 0 Å². The summed E-state index contributed by atoms with van der Waals surface area (Å²) in [5.74, 6) is 0.866. The number of benzene rings is 1. The fourth-order valence-electron chi connectivity index (χ4n) is 2.62. The second-order valence-electron chi connectivity index (χ2n) is 5.77. The topological polar surface area (TPSA) is 43.4 Å². The van der Waals surface area contributed by atoms with Crippen LogP contribution < -0.4 is 10.1 Å². The number of nitrogens with one attached hydrogen (secondary N) is 1. The van der Waals surface area contributed by atoms with Crippen molar-refractivity contribution in [3.05, 3.63) is 30.9 Å². The third-order valence-corrected chi connectivity index (χ3v) is 4.85. The smallest absolute Gasteiger partial charge is 0.199 e. The van der Waals surface area contributed by atoms with Crippen LogP contribution in [0.2, 0.25) is 0 Å². The van der Waals surface area contributed by atoms with E-state index in [4.69, 9.17) is 9.47 Å². The Kier molecular flexibility index (Phi) is 5.88. The molecule has 0 bridgehead atoms. The zero-order chi connectivity index (χ0) is 15.9. The van der Waals surface area contributed by atoms with E-state index >= 15 is 0 Å². The van der Waals surface area contributed by atoms with Crippen LogP contribution in [0.25, 0.3) is 10.2 Å². The molecule has 124 valence electrons. The Bertz CT molecular complexity index is 635. The monoisotopic (exact) mass is 332 g/mol. The zero-order valence-corrected chi connectivity index (χ0v) is 14.2. The Hall–Kier alpha value is -1.59. The maximum atomic E-state index is 5.92. The van der Waals surface area contributed by atoms with Crippen molar-refractivity contribution < 1.29 is 9.47 Å². The van der Waals surface area contributed by atoms with Gasteiger partial charge in [0, 0.05) is 13.0 Å². The fourth-order valence-corrected chi connectivity index (χ4v) is 3.54. The highest BCUT2D eigenvalue weighted by atomic mass is 32.1. The molecule has 1 aliphatic rings. The van der Waals surface area contributed by atoms with E-state index in [-0.39, 0.29) is 6.29 Å². The summed E-state index contributed by atoms with van der Waals surface area (Å²) in [6.45, 7) is 5.49. The SMILES string of the molecule is C=CCCCCNc1nc2ccc(OC3CCCCO3)cc2s1. The maximum absolute atomic E-state index is 5.92. The number of aromatic nitrogens is 1.